The SMILES string of the molecule is Cc1ccc(-c2ccc(N3CCN(C(=O)CN(C(=O)C4CCC4)C(C)C)CC3)nn2)cc1. The van der Waals surface area contributed by atoms with E-state index in [2.05, 4.69) is 46.3 Å². The number of carbonyl (C=O) groups excluding carboxylic acids is 2. The Kier molecular flexibility index (Phi) is 6.72. The summed E-state index contributed by atoms with van der Waals surface area (Å²) in [5.74, 6) is 1.12. The summed E-state index contributed by atoms with van der Waals surface area (Å²) < 4.78 is 0. The third-order valence-electron chi connectivity index (χ3n) is 6.62. The van der Waals surface area contributed by atoms with Gasteiger partial charge >= 0.3 is 0 Å². The number of rotatable bonds is 6. The second-order valence-corrected chi connectivity index (χ2v) is 9.20. The Hall–Kier alpha value is -2.96. The minimum atomic E-state index is 0.0341. The van der Waals surface area contributed by atoms with Crippen molar-refractivity contribution in [3.8, 4) is 11.3 Å². The fourth-order valence-corrected chi connectivity index (χ4v) is 4.21. The molecule has 0 spiro atoms. The van der Waals surface area contributed by atoms with E-state index in [0.717, 1.165) is 36.3 Å². The summed E-state index contributed by atoms with van der Waals surface area (Å²) >= 11 is 0. The first-order chi connectivity index (χ1) is 15.4. The zero-order valence-corrected chi connectivity index (χ0v) is 19.3. The molecule has 1 aliphatic heterocycles. The van der Waals surface area contributed by atoms with Gasteiger partial charge in [-0.1, -0.05) is 36.2 Å². The molecule has 7 heteroatoms. The predicted octanol–water partition coefficient (Wildman–Crippen LogP) is 3.14. The number of benzene rings is 1. The van der Waals surface area contributed by atoms with Crippen molar-refractivity contribution in [2.24, 2.45) is 5.92 Å². The van der Waals surface area contributed by atoms with Gasteiger partial charge in [0.1, 0.15) is 0 Å². The molecule has 2 fully saturated rings. The molecule has 4 rings (SSSR count). The van der Waals surface area contributed by atoms with Gasteiger partial charge in [-0.25, -0.2) is 0 Å². The van der Waals surface area contributed by atoms with Gasteiger partial charge in [-0.3, -0.25) is 9.59 Å². The average molecular weight is 436 g/mol. The average Bonchev–Trinajstić information content (AvgIpc) is 2.76. The summed E-state index contributed by atoms with van der Waals surface area (Å²) in [5.41, 5.74) is 3.12. The van der Waals surface area contributed by atoms with E-state index < -0.39 is 0 Å². The molecule has 2 aromatic rings. The lowest BCUT2D eigenvalue weighted by Gasteiger charge is -2.38. The lowest BCUT2D eigenvalue weighted by molar-refractivity contribution is -0.146. The molecule has 1 aliphatic carbocycles. The largest absolute Gasteiger partial charge is 0.352 e. The number of piperazine rings is 1. The number of aromatic nitrogens is 2. The van der Waals surface area contributed by atoms with E-state index >= 15 is 0 Å². The smallest absolute Gasteiger partial charge is 0.242 e. The highest BCUT2D eigenvalue weighted by Crippen LogP contribution is 2.29. The van der Waals surface area contributed by atoms with E-state index in [9.17, 15) is 9.59 Å². The highest BCUT2D eigenvalue weighted by atomic mass is 16.2. The van der Waals surface area contributed by atoms with E-state index in [4.69, 9.17) is 0 Å². The van der Waals surface area contributed by atoms with Gasteiger partial charge in [-0.15, -0.1) is 10.2 Å². The van der Waals surface area contributed by atoms with Crippen molar-refractivity contribution in [2.75, 3.05) is 37.6 Å². The van der Waals surface area contributed by atoms with Gasteiger partial charge in [0.2, 0.25) is 11.8 Å². The zero-order valence-electron chi connectivity index (χ0n) is 19.3. The first-order valence-electron chi connectivity index (χ1n) is 11.7. The van der Waals surface area contributed by atoms with Gasteiger partial charge < -0.3 is 14.7 Å². The molecule has 0 radical (unpaired) electrons. The predicted molar refractivity (Wildman–Crippen MR) is 125 cm³/mol. The van der Waals surface area contributed by atoms with E-state index in [1.165, 1.54) is 5.56 Å². The quantitative estimate of drug-likeness (QED) is 0.697. The molecule has 0 unspecified atom stereocenters. The fourth-order valence-electron chi connectivity index (χ4n) is 4.21. The second-order valence-electron chi connectivity index (χ2n) is 9.20. The Morgan fingerprint density at radius 1 is 1.00 bits per heavy atom. The molecule has 7 nitrogen and oxygen atoms in total. The van der Waals surface area contributed by atoms with Crippen LogP contribution in [0.5, 0.6) is 0 Å². The van der Waals surface area contributed by atoms with Crippen molar-refractivity contribution in [3.63, 3.8) is 0 Å². The zero-order chi connectivity index (χ0) is 22.7. The van der Waals surface area contributed by atoms with Crippen LogP contribution in [0, 0.1) is 12.8 Å². The third-order valence-corrected chi connectivity index (χ3v) is 6.62. The Labute approximate surface area is 190 Å². The number of anilines is 1. The molecule has 0 atom stereocenters. The summed E-state index contributed by atoms with van der Waals surface area (Å²) in [6.45, 7) is 8.90. The molecule has 1 saturated carbocycles. The van der Waals surface area contributed by atoms with Crippen LogP contribution >= 0.6 is 0 Å². The minimum Gasteiger partial charge on any atom is -0.352 e. The normalized spacial score (nSPS) is 16.8. The number of aryl methyl sites for hydroxylation is 1. The second kappa shape index (κ2) is 9.67. The highest BCUT2D eigenvalue weighted by molar-refractivity contribution is 5.86. The van der Waals surface area contributed by atoms with Gasteiger partial charge in [-0.05, 0) is 45.7 Å². The van der Waals surface area contributed by atoms with Crippen molar-refractivity contribution >= 4 is 17.6 Å². The monoisotopic (exact) mass is 435 g/mol. The molecule has 2 aliphatic rings. The van der Waals surface area contributed by atoms with Gasteiger partial charge in [0.25, 0.3) is 0 Å². The van der Waals surface area contributed by atoms with Crippen LogP contribution in [0.4, 0.5) is 5.82 Å². The number of amides is 2. The minimum absolute atomic E-state index is 0.0341. The Balaban J connectivity index is 1.31. The van der Waals surface area contributed by atoms with E-state index in [1.807, 2.05) is 30.9 Å². The summed E-state index contributed by atoms with van der Waals surface area (Å²) in [7, 11) is 0. The topological polar surface area (TPSA) is 69.6 Å². The molecule has 0 bridgehead atoms. The number of carbonyl (C=O) groups is 2. The maximum atomic E-state index is 12.9. The summed E-state index contributed by atoms with van der Waals surface area (Å²) in [6.07, 6.45) is 3.03. The van der Waals surface area contributed by atoms with Crippen molar-refractivity contribution in [2.45, 2.75) is 46.1 Å². The maximum Gasteiger partial charge on any atom is 0.242 e. The molecule has 1 aromatic carbocycles. The first-order valence-corrected chi connectivity index (χ1v) is 11.7. The lowest BCUT2D eigenvalue weighted by Crippen LogP contribution is -2.53. The van der Waals surface area contributed by atoms with Gasteiger partial charge in [0.15, 0.2) is 5.82 Å². The Morgan fingerprint density at radius 3 is 2.22 bits per heavy atom. The van der Waals surface area contributed by atoms with Crippen LogP contribution in [0.3, 0.4) is 0 Å². The van der Waals surface area contributed by atoms with Gasteiger partial charge in [-0.2, -0.15) is 0 Å². The molecular formula is C25H33N5O2. The van der Waals surface area contributed by atoms with Crippen LogP contribution < -0.4 is 4.90 Å². The van der Waals surface area contributed by atoms with Crippen LogP contribution in [0.2, 0.25) is 0 Å². The fraction of sp³-hybridized carbons (Fsp3) is 0.520. The molecule has 2 heterocycles. The number of nitrogens with zero attached hydrogens (tertiary/aromatic N) is 5. The van der Waals surface area contributed by atoms with Crippen molar-refractivity contribution in [3.05, 3.63) is 42.0 Å². The molecular weight excluding hydrogens is 402 g/mol. The molecule has 0 N–H and O–H groups in total. The van der Waals surface area contributed by atoms with E-state index in [-0.39, 0.29) is 30.3 Å². The maximum absolute atomic E-state index is 12.9. The Morgan fingerprint density at radius 2 is 1.69 bits per heavy atom. The van der Waals surface area contributed by atoms with Crippen molar-refractivity contribution in [1.29, 1.82) is 0 Å². The Bertz CT molecular complexity index is 930. The van der Waals surface area contributed by atoms with Crippen molar-refractivity contribution < 1.29 is 9.59 Å². The molecule has 1 saturated heterocycles. The number of hydrogen-bond acceptors (Lipinski definition) is 5. The van der Waals surface area contributed by atoms with Gasteiger partial charge in [0, 0.05) is 43.7 Å². The molecule has 2 amide bonds. The standard InChI is InChI=1S/C25H33N5O2/c1-18(2)30(25(32)21-5-4-6-21)17-24(31)29-15-13-28(14-16-29)23-12-11-22(26-27-23)20-9-7-19(3)8-10-20/h7-12,18,21H,4-6,13-17H2,1-3H3. The van der Waals surface area contributed by atoms with Crippen LogP contribution in [-0.4, -0.2) is 70.6 Å². The van der Waals surface area contributed by atoms with Crippen molar-refractivity contribution in [1.82, 2.24) is 20.0 Å². The van der Waals surface area contributed by atoms with Crippen LogP contribution in [0.25, 0.3) is 11.3 Å². The number of hydrogen-bond donors (Lipinski definition) is 0. The van der Waals surface area contributed by atoms with Crippen LogP contribution in [0.15, 0.2) is 36.4 Å². The molecule has 32 heavy (non-hydrogen) atoms. The van der Waals surface area contributed by atoms with E-state index in [0.29, 0.717) is 26.2 Å². The molecule has 170 valence electrons. The van der Waals surface area contributed by atoms with Crippen LogP contribution in [0.1, 0.15) is 38.7 Å². The van der Waals surface area contributed by atoms with Gasteiger partial charge in [0.05, 0.1) is 12.2 Å². The summed E-state index contributed by atoms with van der Waals surface area (Å²) in [6, 6.07) is 12.3. The van der Waals surface area contributed by atoms with E-state index in [1.54, 1.807) is 4.90 Å². The lowest BCUT2D eigenvalue weighted by atomic mass is 9.84. The summed E-state index contributed by atoms with van der Waals surface area (Å²) in [5, 5.41) is 8.82. The molecule has 1 aromatic heterocycles. The summed E-state index contributed by atoms with van der Waals surface area (Å²) in [4.78, 5) is 31.4. The van der Waals surface area contributed by atoms with Crippen LogP contribution in [-0.2, 0) is 9.59 Å². The highest BCUT2D eigenvalue weighted by Gasteiger charge is 2.33. The third kappa shape index (κ3) is 4.92. The first kappa shape index (κ1) is 22.2.